The van der Waals surface area contributed by atoms with E-state index in [1.807, 2.05) is 13.0 Å². The number of nitrogens with one attached hydrogen (secondary N) is 4. The van der Waals surface area contributed by atoms with Gasteiger partial charge in [0.2, 0.25) is 0 Å². The minimum Gasteiger partial charge on any atom is -0.544 e. The number of aliphatic carboxylic acids is 1. The van der Waals surface area contributed by atoms with Gasteiger partial charge in [-0.2, -0.15) is 5.10 Å². The lowest BCUT2D eigenvalue weighted by Crippen LogP contribution is -2.63. The number of hydrogen-bond acceptors (Lipinski definition) is 8. The van der Waals surface area contributed by atoms with E-state index in [4.69, 9.17) is 0 Å². The van der Waals surface area contributed by atoms with E-state index in [0.717, 1.165) is 51.1 Å². The maximum atomic E-state index is 15.5. The van der Waals surface area contributed by atoms with Gasteiger partial charge in [-0.15, -0.1) is 0 Å². The van der Waals surface area contributed by atoms with E-state index in [2.05, 4.69) is 36.1 Å². The number of nitrogens with zero attached hydrogens (tertiary/aromatic N) is 5. The van der Waals surface area contributed by atoms with Gasteiger partial charge >= 0.3 is 0 Å². The molecule has 0 atom stereocenters. The second-order valence-electron chi connectivity index (χ2n) is 13.8. The largest absolute Gasteiger partial charge is 0.544 e. The molecule has 2 aromatic carbocycles. The van der Waals surface area contributed by atoms with Crippen LogP contribution in [0.3, 0.4) is 0 Å². The molecule has 266 valence electrons. The van der Waals surface area contributed by atoms with Crippen molar-refractivity contribution in [1.82, 2.24) is 35.2 Å². The quantitative estimate of drug-likeness (QED) is 0.145. The fourth-order valence-corrected chi connectivity index (χ4v) is 7.52. The molecule has 0 unspecified atom stereocenters. The average Bonchev–Trinajstić information content (AvgIpc) is 3.73. The molecule has 0 bridgehead atoms. The molecule has 2 fully saturated rings. The molecule has 0 radical (unpaired) electrons. The number of carboxylic acid groups (broad SMARTS) is 1. The lowest BCUT2D eigenvalue weighted by molar-refractivity contribution is -0.931. The number of amides is 1. The van der Waals surface area contributed by atoms with Gasteiger partial charge in [0.25, 0.3) is 5.91 Å². The Labute approximate surface area is 293 Å². The standard InChI is InChI=1S/C37H41F2N9O3/c1-3-25-14-26(4-5-27(25)37(51)43-17-23-8-12-48(13-9-23,21-32(49)50)20-24-15-40-16-24)45-35-36-42-19-31(47(36)11-10-41-35)29-7-6-28(33(38)34(29)39)30-18-44-46-22(30)2/h4-7,10-11,14,18-19,23-24,40H,3,8-9,12-13,15-17,20-21H2,1-2H3,(H3-,41,43,44,45,46,49,50,51). The van der Waals surface area contributed by atoms with Gasteiger partial charge in [0, 0.05) is 84.4 Å². The Bertz CT molecular complexity index is 2080. The van der Waals surface area contributed by atoms with Crippen molar-refractivity contribution in [3.8, 4) is 22.4 Å². The van der Waals surface area contributed by atoms with Crippen LogP contribution in [-0.2, 0) is 11.2 Å². The van der Waals surface area contributed by atoms with Gasteiger partial charge in [0.05, 0.1) is 43.7 Å². The summed E-state index contributed by atoms with van der Waals surface area (Å²) in [5, 5.41) is 27.9. The number of rotatable bonds is 12. The zero-order chi connectivity index (χ0) is 35.7. The predicted molar refractivity (Wildman–Crippen MR) is 186 cm³/mol. The number of piperidine rings is 1. The van der Waals surface area contributed by atoms with E-state index in [9.17, 15) is 14.7 Å². The summed E-state index contributed by atoms with van der Waals surface area (Å²) in [6.45, 7) is 8.56. The highest BCUT2D eigenvalue weighted by molar-refractivity contribution is 5.96. The molecular formula is C37H41F2N9O3. The van der Waals surface area contributed by atoms with Crippen molar-refractivity contribution in [2.75, 3.05) is 51.1 Å². The maximum absolute atomic E-state index is 15.5. The van der Waals surface area contributed by atoms with Gasteiger partial charge in [-0.1, -0.05) is 13.0 Å². The second kappa shape index (κ2) is 14.2. The van der Waals surface area contributed by atoms with Gasteiger partial charge in [-0.05, 0) is 49.1 Å². The van der Waals surface area contributed by atoms with Gasteiger partial charge in [-0.3, -0.25) is 14.3 Å². The maximum Gasteiger partial charge on any atom is 0.251 e. The van der Waals surface area contributed by atoms with Gasteiger partial charge < -0.3 is 30.3 Å². The number of imidazole rings is 1. The zero-order valence-corrected chi connectivity index (χ0v) is 28.6. The highest BCUT2D eigenvalue weighted by Gasteiger charge is 2.38. The summed E-state index contributed by atoms with van der Waals surface area (Å²) in [5.74, 6) is -1.92. The van der Waals surface area contributed by atoms with Crippen LogP contribution in [0.2, 0.25) is 0 Å². The number of H-pyrrole nitrogens is 1. The number of halogens is 2. The number of carboxylic acids is 1. The molecule has 51 heavy (non-hydrogen) atoms. The molecule has 0 spiro atoms. The van der Waals surface area contributed by atoms with Crippen LogP contribution >= 0.6 is 0 Å². The third-order valence-electron chi connectivity index (χ3n) is 10.5. The zero-order valence-electron chi connectivity index (χ0n) is 28.6. The number of aromatic amines is 1. The minimum absolute atomic E-state index is 0.0427. The number of aryl methyl sites for hydroxylation is 2. The number of fused-ring (bicyclic) bond motifs is 1. The molecule has 2 saturated heterocycles. The second-order valence-corrected chi connectivity index (χ2v) is 13.8. The summed E-state index contributed by atoms with van der Waals surface area (Å²) in [6, 6.07) is 8.54. The average molecular weight is 698 g/mol. The van der Waals surface area contributed by atoms with E-state index < -0.39 is 17.6 Å². The molecule has 4 N–H and O–H groups in total. The fraction of sp³-hybridized carbons (Fsp3) is 0.378. The molecular weight excluding hydrogens is 656 g/mol. The topological polar surface area (TPSA) is 152 Å². The number of carbonyl (C=O) groups is 2. The van der Waals surface area contributed by atoms with Crippen LogP contribution in [0.4, 0.5) is 20.3 Å². The normalized spacial score (nSPS) is 19.2. The van der Waals surface area contributed by atoms with Crippen LogP contribution in [0.1, 0.15) is 41.4 Å². The van der Waals surface area contributed by atoms with Crippen molar-refractivity contribution in [1.29, 1.82) is 0 Å². The number of anilines is 2. The molecule has 7 rings (SSSR count). The molecule has 1 amide bonds. The predicted octanol–water partition coefficient (Wildman–Crippen LogP) is 3.60. The number of benzene rings is 2. The van der Waals surface area contributed by atoms with E-state index in [1.165, 1.54) is 24.5 Å². The summed E-state index contributed by atoms with van der Waals surface area (Å²) >= 11 is 0. The van der Waals surface area contributed by atoms with E-state index in [-0.39, 0.29) is 29.5 Å². The summed E-state index contributed by atoms with van der Waals surface area (Å²) in [6.07, 6.45) is 8.46. The lowest BCUT2D eigenvalue weighted by Gasteiger charge is -2.47. The van der Waals surface area contributed by atoms with Gasteiger partial charge in [-0.25, -0.2) is 18.7 Å². The summed E-state index contributed by atoms with van der Waals surface area (Å²) < 4.78 is 32.9. The summed E-state index contributed by atoms with van der Waals surface area (Å²) in [5.41, 5.74) is 4.20. The first-order chi connectivity index (χ1) is 24.6. The van der Waals surface area contributed by atoms with E-state index in [0.29, 0.717) is 63.0 Å². The van der Waals surface area contributed by atoms with Crippen molar-refractivity contribution < 1.29 is 28.0 Å². The number of likely N-dealkylation sites (tertiary alicyclic amines) is 1. The van der Waals surface area contributed by atoms with Crippen LogP contribution < -0.4 is 21.1 Å². The highest BCUT2D eigenvalue weighted by Crippen LogP contribution is 2.34. The molecule has 3 aromatic heterocycles. The van der Waals surface area contributed by atoms with Crippen molar-refractivity contribution in [2.24, 2.45) is 11.8 Å². The molecule has 0 saturated carbocycles. The third kappa shape index (κ3) is 6.93. The molecule has 5 aromatic rings. The Morgan fingerprint density at radius 2 is 1.78 bits per heavy atom. The number of hydrogen-bond donors (Lipinski definition) is 4. The van der Waals surface area contributed by atoms with Crippen LogP contribution in [0.15, 0.2) is 55.1 Å². The third-order valence-corrected chi connectivity index (χ3v) is 10.5. The van der Waals surface area contributed by atoms with Crippen LogP contribution in [-0.4, -0.2) is 86.7 Å². The number of quaternary nitrogens is 1. The number of carbonyl (C=O) groups excluding carboxylic acids is 2. The lowest BCUT2D eigenvalue weighted by atomic mass is 9.91. The summed E-state index contributed by atoms with van der Waals surface area (Å²) in [4.78, 5) is 33.8. The van der Waals surface area contributed by atoms with Gasteiger partial charge in [0.15, 0.2) is 23.1 Å². The first-order valence-corrected chi connectivity index (χ1v) is 17.4. The molecule has 14 heteroatoms. The highest BCUT2D eigenvalue weighted by atomic mass is 19.2. The van der Waals surface area contributed by atoms with E-state index >= 15 is 8.78 Å². The van der Waals surface area contributed by atoms with Gasteiger partial charge in [0.1, 0.15) is 6.54 Å². The number of aromatic nitrogens is 5. The van der Waals surface area contributed by atoms with Crippen LogP contribution in [0.25, 0.3) is 28.0 Å². The Morgan fingerprint density at radius 3 is 2.47 bits per heavy atom. The van der Waals surface area contributed by atoms with E-state index in [1.54, 1.807) is 35.9 Å². The first kappa shape index (κ1) is 34.2. The molecule has 2 aliphatic rings. The Balaban J connectivity index is 1.02. The van der Waals surface area contributed by atoms with Crippen molar-refractivity contribution in [3.63, 3.8) is 0 Å². The Kier molecular flexibility index (Phi) is 9.53. The monoisotopic (exact) mass is 697 g/mol. The van der Waals surface area contributed by atoms with Crippen molar-refractivity contribution in [2.45, 2.75) is 33.1 Å². The Hall–Kier alpha value is -5.21. The molecule has 2 aliphatic heterocycles. The van der Waals surface area contributed by atoms with Crippen molar-refractivity contribution in [3.05, 3.63) is 83.6 Å². The SMILES string of the molecule is CCc1cc(Nc2nccn3c(-c4ccc(-c5cn[nH]c5C)c(F)c4F)cnc23)ccc1C(=O)NCC1CC[N+](CC(=O)[O-])(CC2CNC2)CC1. The first-order valence-electron chi connectivity index (χ1n) is 17.4. The Morgan fingerprint density at radius 1 is 1.02 bits per heavy atom. The summed E-state index contributed by atoms with van der Waals surface area (Å²) in [7, 11) is 0. The van der Waals surface area contributed by atoms with Crippen molar-refractivity contribution >= 4 is 29.0 Å². The molecule has 0 aliphatic carbocycles. The van der Waals surface area contributed by atoms with Crippen LogP contribution in [0.5, 0.6) is 0 Å². The fourth-order valence-electron chi connectivity index (χ4n) is 7.52. The molecule has 5 heterocycles. The molecule has 12 nitrogen and oxygen atoms in total. The smallest absolute Gasteiger partial charge is 0.251 e. The van der Waals surface area contributed by atoms with Crippen LogP contribution in [0, 0.1) is 30.4 Å². The minimum atomic E-state index is -1.00.